The number of carboxylic acids is 1. The maximum Gasteiger partial charge on any atom is 0.332 e. The number of anilines is 2. The SMILES string of the molecule is N#Cc1ccc(C(=O)NOCC(=O)O)c(Nc2ccc(I)cc2F)c1. The Hall–Kier alpha value is -2.71. The smallest absolute Gasteiger partial charge is 0.332 e. The third-order valence-electron chi connectivity index (χ3n) is 2.95. The predicted molar refractivity (Wildman–Crippen MR) is 94.6 cm³/mol. The zero-order valence-corrected chi connectivity index (χ0v) is 14.7. The van der Waals surface area contributed by atoms with Crippen molar-refractivity contribution in [1.29, 1.82) is 5.26 Å². The molecule has 0 saturated carbocycles. The average molecular weight is 455 g/mol. The van der Waals surface area contributed by atoms with E-state index >= 15 is 0 Å². The van der Waals surface area contributed by atoms with Gasteiger partial charge in [-0.1, -0.05) is 0 Å². The van der Waals surface area contributed by atoms with Gasteiger partial charge in [-0.05, 0) is 59.0 Å². The summed E-state index contributed by atoms with van der Waals surface area (Å²) in [5.41, 5.74) is 2.60. The second-order valence-corrected chi connectivity index (χ2v) is 5.98. The van der Waals surface area contributed by atoms with Gasteiger partial charge < -0.3 is 10.4 Å². The second-order valence-electron chi connectivity index (χ2n) is 4.73. The highest BCUT2D eigenvalue weighted by Crippen LogP contribution is 2.25. The van der Waals surface area contributed by atoms with E-state index in [1.54, 1.807) is 6.07 Å². The number of hydrogen-bond donors (Lipinski definition) is 3. The lowest BCUT2D eigenvalue weighted by Gasteiger charge is -2.13. The van der Waals surface area contributed by atoms with Crippen LogP contribution in [-0.2, 0) is 9.63 Å². The lowest BCUT2D eigenvalue weighted by atomic mass is 10.1. The van der Waals surface area contributed by atoms with Crippen LogP contribution in [0.2, 0.25) is 0 Å². The van der Waals surface area contributed by atoms with E-state index < -0.39 is 24.3 Å². The van der Waals surface area contributed by atoms with Crippen molar-refractivity contribution in [1.82, 2.24) is 5.48 Å². The average Bonchev–Trinajstić information content (AvgIpc) is 2.56. The number of rotatable bonds is 6. The van der Waals surface area contributed by atoms with Crippen molar-refractivity contribution in [2.45, 2.75) is 0 Å². The zero-order chi connectivity index (χ0) is 18.4. The van der Waals surface area contributed by atoms with E-state index in [1.165, 1.54) is 30.3 Å². The minimum atomic E-state index is -1.25. The van der Waals surface area contributed by atoms with Crippen molar-refractivity contribution < 1.29 is 23.9 Å². The van der Waals surface area contributed by atoms with Gasteiger partial charge in [0.25, 0.3) is 5.91 Å². The Labute approximate surface area is 155 Å². The Morgan fingerprint density at radius 3 is 2.64 bits per heavy atom. The molecule has 0 spiro atoms. The molecule has 2 aromatic carbocycles. The summed E-state index contributed by atoms with van der Waals surface area (Å²) >= 11 is 1.96. The molecule has 0 saturated heterocycles. The van der Waals surface area contributed by atoms with Crippen molar-refractivity contribution in [3.05, 3.63) is 56.9 Å². The van der Waals surface area contributed by atoms with Gasteiger partial charge in [-0.15, -0.1) is 0 Å². The number of nitrogens with one attached hydrogen (secondary N) is 2. The van der Waals surface area contributed by atoms with E-state index in [-0.39, 0.29) is 22.5 Å². The molecule has 1 amide bonds. The number of carbonyl (C=O) groups excluding carboxylic acids is 1. The molecule has 25 heavy (non-hydrogen) atoms. The number of nitrogens with zero attached hydrogens (tertiary/aromatic N) is 1. The summed E-state index contributed by atoms with van der Waals surface area (Å²) in [6.45, 7) is -0.712. The van der Waals surface area contributed by atoms with E-state index in [0.29, 0.717) is 3.57 Å². The van der Waals surface area contributed by atoms with Crippen LogP contribution in [0.5, 0.6) is 0 Å². The Morgan fingerprint density at radius 2 is 2.00 bits per heavy atom. The van der Waals surface area contributed by atoms with E-state index in [9.17, 15) is 14.0 Å². The number of carbonyl (C=O) groups is 2. The lowest BCUT2D eigenvalue weighted by Crippen LogP contribution is -2.27. The molecule has 0 heterocycles. The predicted octanol–water partition coefficient (Wildman–Crippen LogP) is 2.79. The first-order valence-electron chi connectivity index (χ1n) is 6.81. The monoisotopic (exact) mass is 455 g/mol. The Balaban J connectivity index is 2.30. The van der Waals surface area contributed by atoms with Crippen LogP contribution < -0.4 is 10.8 Å². The van der Waals surface area contributed by atoms with Gasteiger partial charge in [-0.3, -0.25) is 9.63 Å². The van der Waals surface area contributed by atoms with Gasteiger partial charge in [0.05, 0.1) is 28.6 Å². The normalized spacial score (nSPS) is 9.96. The van der Waals surface area contributed by atoms with Crippen LogP contribution >= 0.6 is 22.6 Å². The highest BCUT2D eigenvalue weighted by atomic mass is 127. The van der Waals surface area contributed by atoms with Gasteiger partial charge in [0.15, 0.2) is 6.61 Å². The molecule has 128 valence electrons. The zero-order valence-electron chi connectivity index (χ0n) is 12.5. The molecular formula is C16H11FIN3O4. The van der Waals surface area contributed by atoms with Crippen molar-refractivity contribution in [2.24, 2.45) is 0 Å². The third-order valence-corrected chi connectivity index (χ3v) is 3.63. The Kier molecular flexibility index (Phi) is 6.26. The van der Waals surface area contributed by atoms with Crippen LogP contribution in [0.25, 0.3) is 0 Å². The molecule has 2 aromatic rings. The number of amides is 1. The molecule has 7 nitrogen and oxygen atoms in total. The summed E-state index contributed by atoms with van der Waals surface area (Å²) in [4.78, 5) is 27.1. The van der Waals surface area contributed by atoms with Gasteiger partial charge in [-0.2, -0.15) is 5.26 Å². The molecule has 0 bridgehead atoms. The fourth-order valence-electron chi connectivity index (χ4n) is 1.87. The van der Waals surface area contributed by atoms with Gasteiger partial charge in [-0.25, -0.2) is 14.7 Å². The van der Waals surface area contributed by atoms with Crippen molar-refractivity contribution in [3.8, 4) is 6.07 Å². The van der Waals surface area contributed by atoms with Crippen LogP contribution in [0.4, 0.5) is 15.8 Å². The van der Waals surface area contributed by atoms with E-state index in [4.69, 9.17) is 10.4 Å². The fraction of sp³-hybridized carbons (Fsp3) is 0.0625. The van der Waals surface area contributed by atoms with Crippen molar-refractivity contribution in [3.63, 3.8) is 0 Å². The third kappa shape index (κ3) is 5.13. The molecule has 2 rings (SSSR count). The van der Waals surface area contributed by atoms with Gasteiger partial charge in [0.2, 0.25) is 0 Å². The summed E-state index contributed by atoms with van der Waals surface area (Å²) in [5.74, 6) is -2.51. The number of hydroxylamine groups is 1. The lowest BCUT2D eigenvalue weighted by molar-refractivity contribution is -0.144. The Bertz CT molecular complexity index is 867. The second kappa shape index (κ2) is 8.41. The standard InChI is InChI=1S/C16H11FIN3O4/c17-12-6-10(18)2-4-13(12)20-14-5-9(7-19)1-3-11(14)16(24)21-25-8-15(22)23/h1-6,20H,8H2,(H,21,24)(H,22,23). The number of carboxylic acid groups (broad SMARTS) is 1. The maximum absolute atomic E-state index is 14.0. The minimum Gasteiger partial charge on any atom is -0.479 e. The molecule has 3 N–H and O–H groups in total. The van der Waals surface area contributed by atoms with Crippen LogP contribution in [0, 0.1) is 20.7 Å². The molecule has 0 aromatic heterocycles. The maximum atomic E-state index is 14.0. The van der Waals surface area contributed by atoms with Crippen LogP contribution in [0.1, 0.15) is 15.9 Å². The molecule has 0 aliphatic carbocycles. The number of aliphatic carboxylic acids is 1. The molecule has 0 radical (unpaired) electrons. The number of hydrogen-bond acceptors (Lipinski definition) is 5. The summed E-state index contributed by atoms with van der Waals surface area (Å²) in [7, 11) is 0. The summed E-state index contributed by atoms with van der Waals surface area (Å²) < 4.78 is 14.7. The van der Waals surface area contributed by atoms with Gasteiger partial charge in [0, 0.05) is 3.57 Å². The number of nitriles is 1. The van der Waals surface area contributed by atoms with Crippen molar-refractivity contribution in [2.75, 3.05) is 11.9 Å². The van der Waals surface area contributed by atoms with E-state index in [0.717, 1.165) is 0 Å². The summed E-state index contributed by atoms with van der Waals surface area (Å²) in [5, 5.41) is 20.3. The fourth-order valence-corrected chi connectivity index (χ4v) is 2.32. The molecular weight excluding hydrogens is 444 g/mol. The quantitative estimate of drug-likeness (QED) is 0.457. The topological polar surface area (TPSA) is 111 Å². The minimum absolute atomic E-state index is 0.0577. The summed E-state index contributed by atoms with van der Waals surface area (Å²) in [6.07, 6.45) is 0. The number of benzene rings is 2. The van der Waals surface area contributed by atoms with Gasteiger partial charge >= 0.3 is 5.97 Å². The molecule has 0 fully saturated rings. The number of halogens is 2. The first-order valence-corrected chi connectivity index (χ1v) is 7.88. The summed E-state index contributed by atoms with van der Waals surface area (Å²) in [6, 6.07) is 10.5. The first kappa shape index (κ1) is 18.6. The van der Waals surface area contributed by atoms with Gasteiger partial charge in [0.1, 0.15) is 5.82 Å². The largest absolute Gasteiger partial charge is 0.479 e. The Morgan fingerprint density at radius 1 is 1.24 bits per heavy atom. The molecule has 9 heteroatoms. The highest BCUT2D eigenvalue weighted by Gasteiger charge is 2.15. The highest BCUT2D eigenvalue weighted by molar-refractivity contribution is 14.1. The molecule has 0 aliphatic rings. The molecule has 0 unspecified atom stereocenters. The van der Waals surface area contributed by atoms with Crippen LogP contribution in [0.3, 0.4) is 0 Å². The van der Waals surface area contributed by atoms with Crippen LogP contribution in [0.15, 0.2) is 36.4 Å². The van der Waals surface area contributed by atoms with E-state index in [1.807, 2.05) is 34.1 Å². The van der Waals surface area contributed by atoms with Crippen LogP contribution in [-0.4, -0.2) is 23.6 Å². The first-order chi connectivity index (χ1) is 11.9. The van der Waals surface area contributed by atoms with Crippen molar-refractivity contribution >= 4 is 45.8 Å². The molecule has 0 atom stereocenters. The van der Waals surface area contributed by atoms with E-state index in [2.05, 4.69) is 10.2 Å². The molecule has 0 aliphatic heterocycles.